The van der Waals surface area contributed by atoms with E-state index in [0.717, 1.165) is 35.8 Å². The Hall–Kier alpha value is -0.700. The number of benzene rings is 1. The highest BCUT2D eigenvalue weighted by Gasteiger charge is 2.05. The van der Waals surface area contributed by atoms with Gasteiger partial charge in [0.15, 0.2) is 11.5 Å². The molecule has 3 heteroatoms. The van der Waals surface area contributed by atoms with Crippen molar-refractivity contribution >= 4 is 15.9 Å². The molecule has 0 N–H and O–H groups in total. The molecule has 0 saturated heterocycles. The van der Waals surface area contributed by atoms with Gasteiger partial charge < -0.3 is 9.47 Å². The van der Waals surface area contributed by atoms with E-state index in [1.165, 1.54) is 12.0 Å². The number of ether oxygens (including phenoxy) is 2. The van der Waals surface area contributed by atoms with Gasteiger partial charge in [0.25, 0.3) is 0 Å². The lowest BCUT2D eigenvalue weighted by atomic mass is 10.1. The molecule has 0 bridgehead atoms. The van der Waals surface area contributed by atoms with Crippen LogP contribution in [0, 0.1) is 5.92 Å². The first kappa shape index (κ1) is 14.4. The van der Waals surface area contributed by atoms with Crippen LogP contribution in [0.1, 0.15) is 32.3 Å². The van der Waals surface area contributed by atoms with Crippen LogP contribution in [0.4, 0.5) is 0 Å². The molecular formula is C14H21BrO2. The number of hydrogen-bond acceptors (Lipinski definition) is 2. The standard InChI is InChI=1S/C14H21BrO2/c1-11(2)5-4-8-17-13-7-6-12(10-15)9-14(13)16-3/h6-7,9,11H,4-5,8,10H2,1-3H3. The van der Waals surface area contributed by atoms with Crippen molar-refractivity contribution in [2.45, 2.75) is 32.0 Å². The lowest BCUT2D eigenvalue weighted by Crippen LogP contribution is -2.01. The van der Waals surface area contributed by atoms with Gasteiger partial charge in [-0.05, 0) is 36.5 Å². The van der Waals surface area contributed by atoms with Crippen molar-refractivity contribution < 1.29 is 9.47 Å². The van der Waals surface area contributed by atoms with Gasteiger partial charge in [0.05, 0.1) is 13.7 Å². The predicted molar refractivity (Wildman–Crippen MR) is 75.2 cm³/mol. The number of methoxy groups -OCH3 is 1. The number of hydrogen-bond donors (Lipinski definition) is 0. The molecule has 0 aromatic heterocycles. The van der Waals surface area contributed by atoms with Gasteiger partial charge in [-0.1, -0.05) is 35.8 Å². The summed E-state index contributed by atoms with van der Waals surface area (Å²) in [5.41, 5.74) is 1.19. The molecule has 0 spiro atoms. The number of rotatable bonds is 7. The molecule has 0 aliphatic carbocycles. The second-order valence-electron chi connectivity index (χ2n) is 4.50. The summed E-state index contributed by atoms with van der Waals surface area (Å²) < 4.78 is 11.1. The van der Waals surface area contributed by atoms with Crippen molar-refractivity contribution in [3.05, 3.63) is 23.8 Å². The molecule has 17 heavy (non-hydrogen) atoms. The van der Waals surface area contributed by atoms with Crippen LogP contribution in [-0.4, -0.2) is 13.7 Å². The summed E-state index contributed by atoms with van der Waals surface area (Å²) in [6.07, 6.45) is 2.28. The van der Waals surface area contributed by atoms with Gasteiger partial charge in [0.2, 0.25) is 0 Å². The van der Waals surface area contributed by atoms with E-state index in [4.69, 9.17) is 9.47 Å². The number of alkyl halides is 1. The normalized spacial score (nSPS) is 10.6. The lowest BCUT2D eigenvalue weighted by Gasteiger charge is -2.12. The molecule has 2 nitrogen and oxygen atoms in total. The van der Waals surface area contributed by atoms with Crippen molar-refractivity contribution in [1.82, 2.24) is 0 Å². The largest absolute Gasteiger partial charge is 0.493 e. The minimum Gasteiger partial charge on any atom is -0.493 e. The van der Waals surface area contributed by atoms with Gasteiger partial charge in [0, 0.05) is 5.33 Å². The molecule has 0 unspecified atom stereocenters. The van der Waals surface area contributed by atoms with Gasteiger partial charge in [-0.15, -0.1) is 0 Å². The molecule has 0 heterocycles. The minimum absolute atomic E-state index is 0.733. The molecule has 1 aromatic carbocycles. The van der Waals surface area contributed by atoms with Gasteiger partial charge in [0.1, 0.15) is 0 Å². The van der Waals surface area contributed by atoms with Crippen molar-refractivity contribution in [2.24, 2.45) is 5.92 Å². The molecule has 0 aliphatic rings. The van der Waals surface area contributed by atoms with Crippen LogP contribution in [-0.2, 0) is 5.33 Å². The molecule has 1 rings (SSSR count). The second-order valence-corrected chi connectivity index (χ2v) is 5.06. The Morgan fingerprint density at radius 3 is 2.59 bits per heavy atom. The number of halogens is 1. The molecule has 0 amide bonds. The molecule has 0 saturated carbocycles. The Labute approximate surface area is 112 Å². The quantitative estimate of drug-likeness (QED) is 0.549. The topological polar surface area (TPSA) is 18.5 Å². The Kier molecular flexibility index (Phi) is 6.41. The van der Waals surface area contributed by atoms with Crippen LogP contribution in [0.25, 0.3) is 0 Å². The summed E-state index contributed by atoms with van der Waals surface area (Å²) in [6, 6.07) is 6.03. The van der Waals surface area contributed by atoms with Gasteiger partial charge in [-0.3, -0.25) is 0 Å². The van der Waals surface area contributed by atoms with Gasteiger partial charge >= 0.3 is 0 Å². The van der Waals surface area contributed by atoms with Gasteiger partial charge in [-0.25, -0.2) is 0 Å². The summed E-state index contributed by atoms with van der Waals surface area (Å²) in [6.45, 7) is 5.21. The van der Waals surface area contributed by atoms with E-state index >= 15 is 0 Å². The maximum atomic E-state index is 5.74. The summed E-state index contributed by atoms with van der Waals surface area (Å²) >= 11 is 3.43. The Morgan fingerprint density at radius 1 is 1.24 bits per heavy atom. The monoisotopic (exact) mass is 300 g/mol. The van der Waals surface area contributed by atoms with Crippen LogP contribution in [0.15, 0.2) is 18.2 Å². The summed E-state index contributed by atoms with van der Waals surface area (Å²) in [5.74, 6) is 2.38. The highest BCUT2D eigenvalue weighted by atomic mass is 79.9. The van der Waals surface area contributed by atoms with Crippen molar-refractivity contribution in [1.29, 1.82) is 0 Å². The first-order chi connectivity index (χ1) is 8.17. The third-order valence-corrected chi connectivity index (χ3v) is 3.21. The first-order valence-electron chi connectivity index (χ1n) is 6.03. The average molecular weight is 301 g/mol. The third-order valence-electron chi connectivity index (χ3n) is 2.57. The zero-order chi connectivity index (χ0) is 12.7. The first-order valence-corrected chi connectivity index (χ1v) is 7.15. The zero-order valence-electron chi connectivity index (χ0n) is 10.8. The second kappa shape index (κ2) is 7.59. The van der Waals surface area contributed by atoms with E-state index in [-0.39, 0.29) is 0 Å². The fourth-order valence-electron chi connectivity index (χ4n) is 1.59. The lowest BCUT2D eigenvalue weighted by molar-refractivity contribution is 0.279. The van der Waals surface area contributed by atoms with E-state index in [2.05, 4.69) is 35.8 Å². The summed E-state index contributed by atoms with van der Waals surface area (Å²) in [7, 11) is 1.67. The van der Waals surface area contributed by atoms with Crippen molar-refractivity contribution in [3.8, 4) is 11.5 Å². The third kappa shape index (κ3) is 4.99. The fraction of sp³-hybridized carbons (Fsp3) is 0.571. The smallest absolute Gasteiger partial charge is 0.161 e. The highest BCUT2D eigenvalue weighted by Crippen LogP contribution is 2.29. The summed E-state index contributed by atoms with van der Waals surface area (Å²) in [5, 5.41) is 0.830. The van der Waals surface area contributed by atoms with Crippen molar-refractivity contribution in [3.63, 3.8) is 0 Å². The highest BCUT2D eigenvalue weighted by molar-refractivity contribution is 9.08. The molecule has 0 radical (unpaired) electrons. The molecule has 96 valence electrons. The van der Waals surface area contributed by atoms with Crippen LogP contribution < -0.4 is 9.47 Å². The van der Waals surface area contributed by atoms with E-state index in [1.54, 1.807) is 7.11 Å². The van der Waals surface area contributed by atoms with Crippen molar-refractivity contribution in [2.75, 3.05) is 13.7 Å². The molecule has 0 fully saturated rings. The average Bonchev–Trinajstić information content (AvgIpc) is 2.34. The Balaban J connectivity index is 2.52. The zero-order valence-corrected chi connectivity index (χ0v) is 12.4. The predicted octanol–water partition coefficient (Wildman–Crippen LogP) is 4.41. The van der Waals surface area contributed by atoms with E-state index in [1.807, 2.05) is 12.1 Å². The van der Waals surface area contributed by atoms with Crippen LogP contribution in [0.2, 0.25) is 0 Å². The van der Waals surface area contributed by atoms with Gasteiger partial charge in [-0.2, -0.15) is 0 Å². The van der Waals surface area contributed by atoms with Crippen LogP contribution in [0.3, 0.4) is 0 Å². The molecule has 1 aromatic rings. The SMILES string of the molecule is COc1cc(CBr)ccc1OCCCC(C)C. The van der Waals surface area contributed by atoms with E-state index in [9.17, 15) is 0 Å². The van der Waals surface area contributed by atoms with E-state index in [0.29, 0.717) is 0 Å². The summed E-state index contributed by atoms with van der Waals surface area (Å²) in [4.78, 5) is 0. The maximum Gasteiger partial charge on any atom is 0.161 e. The molecular weight excluding hydrogens is 280 g/mol. The molecule has 0 aliphatic heterocycles. The van der Waals surface area contributed by atoms with Crippen LogP contribution >= 0.6 is 15.9 Å². The molecule has 0 atom stereocenters. The Bertz CT molecular complexity index is 337. The fourth-order valence-corrected chi connectivity index (χ4v) is 1.94. The minimum atomic E-state index is 0.733. The van der Waals surface area contributed by atoms with E-state index < -0.39 is 0 Å². The van der Waals surface area contributed by atoms with Crippen LogP contribution in [0.5, 0.6) is 11.5 Å². The maximum absolute atomic E-state index is 5.74. The Morgan fingerprint density at radius 2 is 2.00 bits per heavy atom.